The Kier molecular flexibility index (Phi) is 4.48. The molecule has 0 bridgehead atoms. The second-order valence-electron chi connectivity index (χ2n) is 3.64. The highest BCUT2D eigenvalue weighted by atomic mass is 127. The first-order chi connectivity index (χ1) is 9.06. The van der Waals surface area contributed by atoms with Gasteiger partial charge in [0.2, 0.25) is 0 Å². The van der Waals surface area contributed by atoms with Crippen LogP contribution in [0, 0.1) is 13.7 Å². The lowest BCUT2D eigenvalue weighted by molar-refractivity contribution is -0.380. The average Bonchev–Trinajstić information content (AvgIpc) is 2.85. The number of esters is 1. The van der Waals surface area contributed by atoms with E-state index in [1.165, 1.54) is 6.07 Å². The molecule has 0 spiro atoms. The number of nitro groups is 1. The molecule has 0 amide bonds. The van der Waals surface area contributed by atoms with Crippen LogP contribution in [0.4, 0.5) is 5.00 Å². The maximum Gasteiger partial charge on any atom is 0.338 e. The van der Waals surface area contributed by atoms with Gasteiger partial charge in [-0.3, -0.25) is 10.1 Å². The van der Waals surface area contributed by atoms with E-state index in [1.807, 2.05) is 6.07 Å². The summed E-state index contributed by atoms with van der Waals surface area (Å²) in [6.07, 6.45) is 0. The standard InChI is InChI=1S/C12H8INO4S/c13-10-3-1-2-9(5-10)12(15)18-6-8-4-11(14(16)17)19-7-8/h1-5,7H,6H2. The summed E-state index contributed by atoms with van der Waals surface area (Å²) in [6.45, 7) is 0.0364. The van der Waals surface area contributed by atoms with Crippen LogP contribution in [0.3, 0.4) is 0 Å². The molecule has 98 valence electrons. The largest absolute Gasteiger partial charge is 0.457 e. The van der Waals surface area contributed by atoms with E-state index in [-0.39, 0.29) is 11.6 Å². The van der Waals surface area contributed by atoms with Crippen LogP contribution >= 0.6 is 33.9 Å². The van der Waals surface area contributed by atoms with Crippen LogP contribution in [0.2, 0.25) is 0 Å². The van der Waals surface area contributed by atoms with Crippen molar-refractivity contribution in [2.24, 2.45) is 0 Å². The van der Waals surface area contributed by atoms with E-state index in [0.717, 1.165) is 14.9 Å². The fourth-order valence-corrected chi connectivity index (χ4v) is 2.64. The van der Waals surface area contributed by atoms with Crippen molar-refractivity contribution in [3.05, 3.63) is 60.5 Å². The highest BCUT2D eigenvalue weighted by Crippen LogP contribution is 2.23. The number of carbonyl (C=O) groups is 1. The molecule has 0 aliphatic rings. The Labute approximate surface area is 126 Å². The summed E-state index contributed by atoms with van der Waals surface area (Å²) in [5, 5.41) is 12.2. The Morgan fingerprint density at radius 1 is 1.42 bits per heavy atom. The van der Waals surface area contributed by atoms with Gasteiger partial charge in [0.05, 0.1) is 10.5 Å². The summed E-state index contributed by atoms with van der Waals surface area (Å²) in [6, 6.07) is 8.44. The quantitative estimate of drug-likeness (QED) is 0.347. The number of hydrogen-bond acceptors (Lipinski definition) is 5. The van der Waals surface area contributed by atoms with Crippen LogP contribution in [0.15, 0.2) is 35.7 Å². The molecule has 0 saturated carbocycles. The van der Waals surface area contributed by atoms with Gasteiger partial charge >= 0.3 is 11.0 Å². The number of thiophene rings is 1. The SMILES string of the molecule is O=C(OCc1csc([N+](=O)[O-])c1)c1cccc(I)c1. The zero-order valence-electron chi connectivity index (χ0n) is 9.54. The van der Waals surface area contributed by atoms with Crippen molar-refractivity contribution in [2.45, 2.75) is 6.61 Å². The molecule has 7 heteroatoms. The smallest absolute Gasteiger partial charge is 0.338 e. The number of hydrogen-bond donors (Lipinski definition) is 0. The van der Waals surface area contributed by atoms with Crippen LogP contribution in [0.25, 0.3) is 0 Å². The van der Waals surface area contributed by atoms with E-state index >= 15 is 0 Å². The Morgan fingerprint density at radius 3 is 2.84 bits per heavy atom. The van der Waals surface area contributed by atoms with E-state index in [0.29, 0.717) is 11.1 Å². The lowest BCUT2D eigenvalue weighted by atomic mass is 10.2. The van der Waals surface area contributed by atoms with Crippen LogP contribution in [0.5, 0.6) is 0 Å². The zero-order chi connectivity index (χ0) is 13.8. The van der Waals surface area contributed by atoms with Crippen LogP contribution in [-0.2, 0) is 11.3 Å². The molecule has 2 rings (SSSR count). The number of rotatable bonds is 4. The van der Waals surface area contributed by atoms with Crippen LogP contribution < -0.4 is 0 Å². The molecule has 1 aromatic heterocycles. The maximum absolute atomic E-state index is 11.8. The van der Waals surface area contributed by atoms with Crippen molar-refractivity contribution in [1.29, 1.82) is 0 Å². The molecule has 5 nitrogen and oxygen atoms in total. The summed E-state index contributed by atoms with van der Waals surface area (Å²) in [5.41, 5.74) is 1.09. The number of nitrogens with zero attached hydrogens (tertiary/aromatic N) is 1. The third-order valence-corrected chi connectivity index (χ3v) is 3.85. The third-order valence-electron chi connectivity index (χ3n) is 2.25. The van der Waals surface area contributed by atoms with E-state index in [2.05, 4.69) is 22.6 Å². The lowest BCUT2D eigenvalue weighted by Gasteiger charge is -2.03. The summed E-state index contributed by atoms with van der Waals surface area (Å²) < 4.78 is 6.05. The topological polar surface area (TPSA) is 69.4 Å². The van der Waals surface area contributed by atoms with Crippen molar-refractivity contribution in [1.82, 2.24) is 0 Å². The molecule has 0 fully saturated rings. The van der Waals surface area contributed by atoms with Gasteiger partial charge in [-0.25, -0.2) is 4.79 Å². The third kappa shape index (κ3) is 3.74. The minimum Gasteiger partial charge on any atom is -0.457 e. The minimum absolute atomic E-state index is 0.0364. The van der Waals surface area contributed by atoms with Crippen LogP contribution in [-0.4, -0.2) is 10.9 Å². The highest BCUT2D eigenvalue weighted by Gasteiger charge is 2.12. The van der Waals surface area contributed by atoms with Gasteiger partial charge in [0.1, 0.15) is 6.61 Å². The first kappa shape index (κ1) is 13.9. The number of ether oxygens (including phenoxy) is 1. The fraction of sp³-hybridized carbons (Fsp3) is 0.0833. The summed E-state index contributed by atoms with van der Waals surface area (Å²) in [5.74, 6) is -0.438. The van der Waals surface area contributed by atoms with Gasteiger partial charge in [0.15, 0.2) is 0 Å². The summed E-state index contributed by atoms with van der Waals surface area (Å²) in [7, 11) is 0. The Hall–Kier alpha value is -1.48. The van der Waals surface area contributed by atoms with Gasteiger partial charge in [-0.15, -0.1) is 0 Å². The second kappa shape index (κ2) is 6.11. The minimum atomic E-state index is -0.463. The van der Waals surface area contributed by atoms with E-state index < -0.39 is 10.9 Å². The number of halogens is 1. The Morgan fingerprint density at radius 2 is 2.21 bits per heavy atom. The monoisotopic (exact) mass is 389 g/mol. The molecule has 0 atom stereocenters. The number of carbonyl (C=O) groups excluding carboxylic acids is 1. The van der Waals surface area contributed by atoms with E-state index in [1.54, 1.807) is 23.6 Å². The van der Waals surface area contributed by atoms with Gasteiger partial charge in [0, 0.05) is 20.6 Å². The van der Waals surface area contributed by atoms with Gasteiger partial charge in [-0.1, -0.05) is 17.4 Å². The van der Waals surface area contributed by atoms with Crippen molar-refractivity contribution >= 4 is 44.9 Å². The molecule has 1 heterocycles. The van der Waals surface area contributed by atoms with Gasteiger partial charge in [-0.2, -0.15) is 0 Å². The molecule has 0 aliphatic heterocycles. The van der Waals surface area contributed by atoms with Gasteiger partial charge in [0.25, 0.3) is 0 Å². The van der Waals surface area contributed by atoms with Crippen molar-refractivity contribution in [2.75, 3.05) is 0 Å². The Bertz CT molecular complexity index is 626. The summed E-state index contributed by atoms with van der Waals surface area (Å²) >= 11 is 3.12. The predicted molar refractivity (Wildman–Crippen MR) is 79.3 cm³/mol. The van der Waals surface area contributed by atoms with Crippen molar-refractivity contribution in [3.63, 3.8) is 0 Å². The molecule has 0 saturated heterocycles. The second-order valence-corrected chi connectivity index (χ2v) is 5.77. The Balaban J connectivity index is 1.98. The first-order valence-corrected chi connectivity index (χ1v) is 7.16. The van der Waals surface area contributed by atoms with E-state index in [4.69, 9.17) is 4.74 Å². The number of benzene rings is 1. The molecule has 0 unspecified atom stereocenters. The normalized spacial score (nSPS) is 10.2. The molecule has 1 aromatic carbocycles. The maximum atomic E-state index is 11.8. The molecule has 0 N–H and O–H groups in total. The average molecular weight is 389 g/mol. The van der Waals surface area contributed by atoms with Gasteiger partial charge < -0.3 is 4.74 Å². The summed E-state index contributed by atoms with van der Waals surface area (Å²) in [4.78, 5) is 21.8. The molecular weight excluding hydrogens is 381 g/mol. The van der Waals surface area contributed by atoms with Gasteiger partial charge in [-0.05, 0) is 40.8 Å². The van der Waals surface area contributed by atoms with E-state index in [9.17, 15) is 14.9 Å². The van der Waals surface area contributed by atoms with Crippen molar-refractivity contribution < 1.29 is 14.5 Å². The first-order valence-electron chi connectivity index (χ1n) is 5.21. The molecule has 2 aromatic rings. The molecule has 0 aliphatic carbocycles. The molecule has 0 radical (unpaired) electrons. The predicted octanol–water partition coefficient (Wildman–Crippen LogP) is 3.62. The molecule has 19 heavy (non-hydrogen) atoms. The molecular formula is C12H8INO4S. The van der Waals surface area contributed by atoms with Crippen LogP contribution in [0.1, 0.15) is 15.9 Å². The zero-order valence-corrected chi connectivity index (χ0v) is 12.5. The fourth-order valence-electron chi connectivity index (χ4n) is 1.38. The lowest BCUT2D eigenvalue weighted by Crippen LogP contribution is -2.04. The highest BCUT2D eigenvalue weighted by molar-refractivity contribution is 14.1. The van der Waals surface area contributed by atoms with Crippen molar-refractivity contribution in [3.8, 4) is 0 Å².